The molecule has 0 spiro atoms. The van der Waals surface area contributed by atoms with Crippen LogP contribution in [0.1, 0.15) is 69.8 Å². The van der Waals surface area contributed by atoms with Gasteiger partial charge < -0.3 is 14.9 Å². The predicted octanol–water partition coefficient (Wildman–Crippen LogP) is 3.87. The Bertz CT molecular complexity index is 1140. The first kappa shape index (κ1) is 20.1. The lowest BCUT2D eigenvalue weighted by Gasteiger charge is -2.28. The average molecular weight is 408 g/mol. The third kappa shape index (κ3) is 3.44. The van der Waals surface area contributed by atoms with Crippen molar-refractivity contribution in [1.29, 1.82) is 0 Å². The van der Waals surface area contributed by atoms with Crippen molar-refractivity contribution in [3.63, 3.8) is 0 Å². The normalized spacial score (nSPS) is 16.2. The summed E-state index contributed by atoms with van der Waals surface area (Å²) in [6.45, 7) is 5.86. The topological polar surface area (TPSA) is 79.8 Å². The highest BCUT2D eigenvalue weighted by Crippen LogP contribution is 2.37. The molecule has 0 saturated carbocycles. The second-order valence-corrected chi connectivity index (χ2v) is 8.74. The molecule has 1 atom stereocenters. The zero-order valence-electron chi connectivity index (χ0n) is 17.5. The molecule has 2 N–H and O–H groups in total. The number of imidazole rings is 1. The van der Waals surface area contributed by atoms with Crippen LogP contribution in [0.25, 0.3) is 0 Å². The van der Waals surface area contributed by atoms with Gasteiger partial charge in [0, 0.05) is 42.7 Å². The molecule has 1 aliphatic rings. The fourth-order valence-electron chi connectivity index (χ4n) is 4.31. The number of carbonyl (C=O) groups excluding carboxylic acids is 2. The molecular formula is C23H25FN4O2. The Kier molecular flexibility index (Phi) is 4.84. The molecular weight excluding hydrogens is 383 g/mol. The first-order valence-corrected chi connectivity index (χ1v) is 9.95. The van der Waals surface area contributed by atoms with Crippen molar-refractivity contribution >= 4 is 11.7 Å². The van der Waals surface area contributed by atoms with E-state index in [1.54, 1.807) is 49.1 Å². The van der Waals surface area contributed by atoms with E-state index in [-0.39, 0.29) is 11.2 Å². The van der Waals surface area contributed by atoms with Gasteiger partial charge in [-0.15, -0.1) is 0 Å². The second-order valence-electron chi connectivity index (χ2n) is 8.74. The molecule has 1 aliphatic carbocycles. The molecule has 156 valence electrons. The van der Waals surface area contributed by atoms with E-state index in [1.165, 1.54) is 6.07 Å². The van der Waals surface area contributed by atoms with E-state index in [0.717, 1.165) is 5.69 Å². The molecule has 4 rings (SSSR count). The first-order valence-electron chi connectivity index (χ1n) is 9.95. The smallest absolute Gasteiger partial charge is 0.268 e. The number of H-pyrrole nitrogens is 1. The fraction of sp³-hybridized carbons (Fsp3) is 0.348. The lowest BCUT2D eigenvalue weighted by atomic mass is 9.75. The molecule has 0 aliphatic heterocycles. The molecule has 1 aromatic carbocycles. The minimum absolute atomic E-state index is 0.0452. The molecule has 0 radical (unpaired) electrons. The van der Waals surface area contributed by atoms with Gasteiger partial charge in [0.05, 0.1) is 0 Å². The molecule has 2 aromatic heterocycles. The first-order chi connectivity index (χ1) is 14.2. The number of rotatable bonds is 4. The molecule has 1 amide bonds. The van der Waals surface area contributed by atoms with Crippen LogP contribution >= 0.6 is 0 Å². The predicted molar refractivity (Wildman–Crippen MR) is 111 cm³/mol. The van der Waals surface area contributed by atoms with Crippen LogP contribution in [0.2, 0.25) is 0 Å². The molecule has 30 heavy (non-hydrogen) atoms. The highest BCUT2D eigenvalue weighted by molar-refractivity contribution is 6.04. The number of Topliss-reactive ketones (excluding diaryl/α,β-unsaturated/α-hetero) is 1. The summed E-state index contributed by atoms with van der Waals surface area (Å²) in [6, 6.07) is 5.54. The molecule has 0 fully saturated rings. The van der Waals surface area contributed by atoms with Crippen LogP contribution in [0.15, 0.2) is 36.7 Å². The number of ketones is 1. The van der Waals surface area contributed by atoms with Crippen molar-refractivity contribution in [3.8, 4) is 0 Å². The number of nitrogens with zero attached hydrogens (tertiary/aromatic N) is 2. The Morgan fingerprint density at radius 2 is 2.03 bits per heavy atom. The van der Waals surface area contributed by atoms with Gasteiger partial charge in [0.25, 0.3) is 5.91 Å². The zero-order chi connectivity index (χ0) is 21.6. The Labute approximate surface area is 174 Å². The van der Waals surface area contributed by atoms with Gasteiger partial charge in [-0.1, -0.05) is 32.0 Å². The van der Waals surface area contributed by atoms with E-state index < -0.39 is 17.8 Å². The summed E-state index contributed by atoms with van der Waals surface area (Å²) >= 11 is 0. The second kappa shape index (κ2) is 7.23. The van der Waals surface area contributed by atoms with Crippen LogP contribution in [0.4, 0.5) is 4.39 Å². The van der Waals surface area contributed by atoms with Crippen LogP contribution in [0, 0.1) is 18.2 Å². The summed E-state index contributed by atoms with van der Waals surface area (Å²) in [5.74, 6) is -0.266. The average Bonchev–Trinajstić information content (AvgIpc) is 3.22. The van der Waals surface area contributed by atoms with Gasteiger partial charge in [-0.2, -0.15) is 0 Å². The maximum atomic E-state index is 14.6. The van der Waals surface area contributed by atoms with E-state index in [4.69, 9.17) is 0 Å². The van der Waals surface area contributed by atoms with Gasteiger partial charge in [0.15, 0.2) is 5.78 Å². The fourth-order valence-corrected chi connectivity index (χ4v) is 4.31. The van der Waals surface area contributed by atoms with Gasteiger partial charge >= 0.3 is 0 Å². The highest BCUT2D eigenvalue weighted by Gasteiger charge is 2.36. The van der Waals surface area contributed by atoms with Crippen molar-refractivity contribution in [2.75, 3.05) is 0 Å². The van der Waals surface area contributed by atoms with Gasteiger partial charge in [0.1, 0.15) is 23.4 Å². The summed E-state index contributed by atoms with van der Waals surface area (Å²) in [7, 11) is 1.79. The number of aryl methyl sites for hydroxylation is 1. The molecule has 0 saturated heterocycles. The summed E-state index contributed by atoms with van der Waals surface area (Å²) in [5.41, 5.74) is 2.54. The minimum Gasteiger partial charge on any atom is -0.354 e. The third-order valence-electron chi connectivity index (χ3n) is 5.74. The Morgan fingerprint density at radius 1 is 1.30 bits per heavy atom. The Balaban J connectivity index is 1.72. The van der Waals surface area contributed by atoms with Crippen LogP contribution in [-0.4, -0.2) is 26.2 Å². The summed E-state index contributed by atoms with van der Waals surface area (Å²) in [5, 5.41) is 2.91. The number of aromatic nitrogens is 3. The van der Waals surface area contributed by atoms with Crippen molar-refractivity contribution < 1.29 is 14.0 Å². The van der Waals surface area contributed by atoms with Crippen LogP contribution in [0.5, 0.6) is 0 Å². The van der Waals surface area contributed by atoms with Crippen molar-refractivity contribution in [3.05, 3.63) is 76.4 Å². The summed E-state index contributed by atoms with van der Waals surface area (Å²) < 4.78 is 16.3. The Morgan fingerprint density at radius 3 is 2.70 bits per heavy atom. The van der Waals surface area contributed by atoms with Gasteiger partial charge in [-0.3, -0.25) is 9.59 Å². The lowest BCUT2D eigenvalue weighted by Crippen LogP contribution is -2.32. The van der Waals surface area contributed by atoms with Gasteiger partial charge in [-0.05, 0) is 30.4 Å². The van der Waals surface area contributed by atoms with E-state index in [0.29, 0.717) is 41.1 Å². The number of aromatic amines is 1. The molecule has 7 heteroatoms. The zero-order valence-corrected chi connectivity index (χ0v) is 17.5. The minimum atomic E-state index is -0.773. The highest BCUT2D eigenvalue weighted by atomic mass is 19.1. The van der Waals surface area contributed by atoms with Crippen molar-refractivity contribution in [1.82, 2.24) is 19.9 Å². The SMILES string of the molecule is Cc1c(C(=O)N[C@@H](c2ccccc2F)c2nccn2C)[nH]c2c1C(=O)CC(C)(C)C2. The summed E-state index contributed by atoms with van der Waals surface area (Å²) in [4.78, 5) is 33.4. The number of benzene rings is 1. The van der Waals surface area contributed by atoms with E-state index in [2.05, 4.69) is 15.3 Å². The van der Waals surface area contributed by atoms with Gasteiger partial charge in [-0.25, -0.2) is 9.37 Å². The Hall–Kier alpha value is -3.22. The maximum Gasteiger partial charge on any atom is 0.268 e. The molecule has 0 unspecified atom stereocenters. The molecule has 6 nitrogen and oxygen atoms in total. The maximum absolute atomic E-state index is 14.6. The van der Waals surface area contributed by atoms with E-state index >= 15 is 0 Å². The van der Waals surface area contributed by atoms with Crippen LogP contribution in [0.3, 0.4) is 0 Å². The van der Waals surface area contributed by atoms with E-state index in [9.17, 15) is 14.0 Å². The number of carbonyl (C=O) groups is 2. The lowest BCUT2D eigenvalue weighted by molar-refractivity contribution is 0.0909. The summed E-state index contributed by atoms with van der Waals surface area (Å²) in [6.07, 6.45) is 4.49. The number of amides is 1. The third-order valence-corrected chi connectivity index (χ3v) is 5.74. The number of nitrogens with one attached hydrogen (secondary N) is 2. The number of fused-ring (bicyclic) bond motifs is 1. The van der Waals surface area contributed by atoms with E-state index in [1.807, 2.05) is 13.8 Å². The largest absolute Gasteiger partial charge is 0.354 e. The molecule has 3 aromatic rings. The number of hydrogen-bond donors (Lipinski definition) is 2. The quantitative estimate of drug-likeness (QED) is 0.688. The number of halogens is 1. The molecule has 0 bridgehead atoms. The van der Waals surface area contributed by atoms with Crippen molar-refractivity contribution in [2.24, 2.45) is 12.5 Å². The van der Waals surface area contributed by atoms with Crippen LogP contribution < -0.4 is 5.32 Å². The van der Waals surface area contributed by atoms with Gasteiger partial charge in [0.2, 0.25) is 0 Å². The van der Waals surface area contributed by atoms with Crippen LogP contribution in [-0.2, 0) is 13.5 Å². The molecule has 2 heterocycles. The monoisotopic (exact) mass is 408 g/mol. The number of hydrogen-bond acceptors (Lipinski definition) is 3. The standard InChI is InChI=1S/C23H25FN4O2/c1-13-18-16(11-23(2,3)12-17(18)29)26-19(13)22(30)27-20(21-25-9-10-28(21)4)14-7-5-6-8-15(14)24/h5-10,20,26H,11-12H2,1-4H3,(H,27,30)/t20-/m0/s1. The van der Waals surface area contributed by atoms with Crippen molar-refractivity contribution in [2.45, 2.75) is 39.7 Å².